The van der Waals surface area contributed by atoms with Crippen molar-refractivity contribution in [1.29, 1.82) is 0 Å². The molecule has 2 aromatic carbocycles. The Morgan fingerprint density at radius 1 is 1.21 bits per heavy atom. The van der Waals surface area contributed by atoms with Gasteiger partial charge >= 0.3 is 0 Å². The molecule has 2 heterocycles. The second kappa shape index (κ2) is 8.64. The summed E-state index contributed by atoms with van der Waals surface area (Å²) in [5.41, 5.74) is 1.78. The summed E-state index contributed by atoms with van der Waals surface area (Å²) in [6.45, 7) is 1.98. The molecular formula is C20H17BrN4O2S2. The number of nitrogens with zero attached hydrogens (tertiary/aromatic N) is 4. The molecule has 0 aliphatic heterocycles. The minimum Gasteiger partial charge on any atom is -0.411 e. The van der Waals surface area contributed by atoms with Gasteiger partial charge in [-0.15, -0.1) is 21.5 Å². The molecular weight excluding hydrogens is 472 g/mol. The highest BCUT2D eigenvalue weighted by molar-refractivity contribution is 9.10. The van der Waals surface area contributed by atoms with Gasteiger partial charge in [0.2, 0.25) is 11.8 Å². The summed E-state index contributed by atoms with van der Waals surface area (Å²) in [7, 11) is 1.79. The van der Waals surface area contributed by atoms with Gasteiger partial charge in [0, 0.05) is 11.5 Å². The third-order valence-corrected chi connectivity index (χ3v) is 7.17. The first kappa shape index (κ1) is 20.1. The van der Waals surface area contributed by atoms with Gasteiger partial charge in [-0.05, 0) is 47.1 Å². The van der Waals surface area contributed by atoms with Crippen LogP contribution in [-0.4, -0.2) is 38.8 Å². The molecule has 1 atom stereocenters. The normalized spacial score (nSPS) is 12.2. The third kappa shape index (κ3) is 4.36. The lowest BCUT2D eigenvalue weighted by atomic mass is 10.2. The first-order chi connectivity index (χ1) is 14.0. The van der Waals surface area contributed by atoms with Crippen LogP contribution in [0.4, 0.5) is 0 Å². The van der Waals surface area contributed by atoms with Gasteiger partial charge in [-0.3, -0.25) is 4.79 Å². The molecule has 0 saturated carbocycles. The number of hydrogen-bond donors (Lipinski definition) is 0. The number of para-hydroxylation sites is 1. The predicted molar refractivity (Wildman–Crippen MR) is 119 cm³/mol. The van der Waals surface area contributed by atoms with Crippen molar-refractivity contribution >= 4 is 55.2 Å². The highest BCUT2D eigenvalue weighted by Gasteiger charge is 2.22. The zero-order valence-electron chi connectivity index (χ0n) is 15.7. The molecule has 0 aliphatic carbocycles. The standard InChI is InChI=1S/C20H17BrN4O2S2/c1-12(19-22-15-9-5-6-10-16(15)29-19)25(2)17(26)11-28-20-24-23-18(27-20)13-7-3-4-8-14(13)21/h3-10,12H,11H2,1-2H3/t12-/m1/s1. The minimum atomic E-state index is -0.112. The van der Waals surface area contributed by atoms with E-state index in [2.05, 4.69) is 31.1 Å². The van der Waals surface area contributed by atoms with E-state index in [0.717, 1.165) is 25.3 Å². The van der Waals surface area contributed by atoms with E-state index in [1.54, 1.807) is 23.3 Å². The van der Waals surface area contributed by atoms with E-state index >= 15 is 0 Å². The van der Waals surface area contributed by atoms with Crippen LogP contribution in [0.15, 0.2) is 62.6 Å². The number of amides is 1. The summed E-state index contributed by atoms with van der Waals surface area (Å²) in [5.74, 6) is 0.606. The molecule has 4 rings (SSSR count). The topological polar surface area (TPSA) is 72.1 Å². The number of carbonyl (C=O) groups excluding carboxylic acids is 1. The number of halogens is 1. The van der Waals surface area contributed by atoms with Gasteiger partial charge in [0.1, 0.15) is 5.01 Å². The van der Waals surface area contributed by atoms with Gasteiger partial charge in [0.25, 0.3) is 5.22 Å². The number of benzene rings is 2. The molecule has 0 saturated heterocycles. The van der Waals surface area contributed by atoms with E-state index in [4.69, 9.17) is 4.42 Å². The van der Waals surface area contributed by atoms with Crippen LogP contribution in [0.2, 0.25) is 0 Å². The lowest BCUT2D eigenvalue weighted by Gasteiger charge is -2.22. The maximum absolute atomic E-state index is 12.7. The number of thioether (sulfide) groups is 1. The molecule has 0 bridgehead atoms. The summed E-state index contributed by atoms with van der Waals surface area (Å²) in [6, 6.07) is 15.5. The molecule has 29 heavy (non-hydrogen) atoms. The number of aromatic nitrogens is 3. The number of carbonyl (C=O) groups is 1. The molecule has 6 nitrogen and oxygen atoms in total. The first-order valence-corrected chi connectivity index (χ1v) is 11.4. The Morgan fingerprint density at radius 2 is 1.97 bits per heavy atom. The van der Waals surface area contributed by atoms with Crippen LogP contribution >= 0.6 is 39.0 Å². The zero-order valence-corrected chi connectivity index (χ0v) is 18.9. The van der Waals surface area contributed by atoms with Crippen LogP contribution in [0, 0.1) is 0 Å². The van der Waals surface area contributed by atoms with Gasteiger partial charge in [-0.1, -0.05) is 36.0 Å². The van der Waals surface area contributed by atoms with Crippen LogP contribution in [0.25, 0.3) is 21.7 Å². The lowest BCUT2D eigenvalue weighted by molar-refractivity contribution is -0.128. The molecule has 0 fully saturated rings. The number of fused-ring (bicyclic) bond motifs is 1. The lowest BCUT2D eigenvalue weighted by Crippen LogP contribution is -2.31. The Bertz CT molecular complexity index is 1130. The van der Waals surface area contributed by atoms with Gasteiger partial charge in [0.15, 0.2) is 0 Å². The maximum atomic E-state index is 12.7. The average Bonchev–Trinajstić information content (AvgIpc) is 3.38. The van der Waals surface area contributed by atoms with Gasteiger partial charge < -0.3 is 9.32 Å². The smallest absolute Gasteiger partial charge is 0.277 e. The van der Waals surface area contributed by atoms with Crippen molar-refractivity contribution in [2.24, 2.45) is 0 Å². The zero-order chi connectivity index (χ0) is 20.4. The Balaban J connectivity index is 1.40. The highest BCUT2D eigenvalue weighted by atomic mass is 79.9. The molecule has 0 spiro atoms. The van der Waals surface area contributed by atoms with Gasteiger partial charge in [-0.2, -0.15) is 0 Å². The summed E-state index contributed by atoms with van der Waals surface area (Å²) in [6.07, 6.45) is 0. The van der Waals surface area contributed by atoms with Crippen LogP contribution in [0.3, 0.4) is 0 Å². The predicted octanol–water partition coefficient (Wildman–Crippen LogP) is 5.42. The van der Waals surface area contributed by atoms with E-state index in [9.17, 15) is 4.79 Å². The molecule has 4 aromatic rings. The molecule has 0 radical (unpaired) electrons. The van der Waals surface area contributed by atoms with E-state index in [-0.39, 0.29) is 17.7 Å². The molecule has 0 aliphatic rings. The number of hydrogen-bond acceptors (Lipinski definition) is 7. The average molecular weight is 489 g/mol. The third-order valence-electron chi connectivity index (χ3n) is 4.47. The Kier molecular flexibility index (Phi) is 5.98. The van der Waals surface area contributed by atoms with E-state index in [0.29, 0.717) is 11.1 Å². The summed E-state index contributed by atoms with van der Waals surface area (Å²) in [5, 5.41) is 9.40. The number of thiazole rings is 1. The molecule has 2 aromatic heterocycles. The fraction of sp³-hybridized carbons (Fsp3) is 0.200. The molecule has 148 valence electrons. The van der Waals surface area contributed by atoms with Crippen molar-refractivity contribution in [3.05, 3.63) is 58.0 Å². The second-order valence-corrected chi connectivity index (χ2v) is 9.19. The summed E-state index contributed by atoms with van der Waals surface area (Å²) >= 11 is 6.32. The van der Waals surface area contributed by atoms with Gasteiger partial charge in [0.05, 0.1) is 27.6 Å². The van der Waals surface area contributed by atoms with Crippen LogP contribution in [0.1, 0.15) is 18.0 Å². The Morgan fingerprint density at radius 3 is 2.76 bits per heavy atom. The SMILES string of the molecule is C[C@H](c1nc2ccccc2s1)N(C)C(=O)CSc1nnc(-c2ccccc2Br)o1. The Hall–Kier alpha value is -2.23. The molecule has 9 heteroatoms. The van der Waals surface area contributed by atoms with Crippen LogP contribution in [-0.2, 0) is 4.79 Å². The van der Waals surface area contributed by atoms with Crippen molar-refractivity contribution in [2.75, 3.05) is 12.8 Å². The first-order valence-electron chi connectivity index (χ1n) is 8.85. The fourth-order valence-electron chi connectivity index (χ4n) is 2.69. The Labute approximate surface area is 184 Å². The fourth-order valence-corrected chi connectivity index (χ4v) is 4.89. The molecule has 1 amide bonds. The maximum Gasteiger partial charge on any atom is 0.277 e. The summed E-state index contributed by atoms with van der Waals surface area (Å²) in [4.78, 5) is 19.0. The van der Waals surface area contributed by atoms with Gasteiger partial charge in [-0.25, -0.2) is 4.98 Å². The second-order valence-electron chi connectivity index (χ2n) is 6.34. The van der Waals surface area contributed by atoms with Crippen molar-refractivity contribution < 1.29 is 9.21 Å². The van der Waals surface area contributed by atoms with Crippen molar-refractivity contribution in [3.8, 4) is 11.5 Å². The molecule has 0 N–H and O–H groups in total. The van der Waals surface area contributed by atoms with E-state index in [1.807, 2.05) is 55.5 Å². The monoisotopic (exact) mass is 488 g/mol. The largest absolute Gasteiger partial charge is 0.411 e. The summed E-state index contributed by atoms with van der Waals surface area (Å²) < 4.78 is 7.69. The van der Waals surface area contributed by atoms with Crippen LogP contribution in [0.5, 0.6) is 0 Å². The minimum absolute atomic E-state index is 0.0256. The highest BCUT2D eigenvalue weighted by Crippen LogP contribution is 2.31. The van der Waals surface area contributed by atoms with E-state index < -0.39 is 0 Å². The van der Waals surface area contributed by atoms with E-state index in [1.165, 1.54) is 11.8 Å². The quantitative estimate of drug-likeness (QED) is 0.337. The molecule has 0 unspecified atom stereocenters. The van der Waals surface area contributed by atoms with Crippen molar-refractivity contribution in [3.63, 3.8) is 0 Å². The van der Waals surface area contributed by atoms with Crippen molar-refractivity contribution in [2.45, 2.75) is 18.2 Å². The van der Waals surface area contributed by atoms with Crippen molar-refractivity contribution in [1.82, 2.24) is 20.1 Å². The van der Waals surface area contributed by atoms with Crippen LogP contribution < -0.4 is 0 Å². The number of rotatable bonds is 6.